The molecule has 0 unspecified atom stereocenters. The van der Waals surface area contributed by atoms with Crippen LogP contribution in [-0.2, 0) is 4.79 Å². The Balaban J connectivity index is 1.58. The molecule has 1 heterocycles. The predicted octanol–water partition coefficient (Wildman–Crippen LogP) is 5.75. The van der Waals surface area contributed by atoms with Gasteiger partial charge in [0.25, 0.3) is 0 Å². The Bertz CT molecular complexity index is 961. The molecule has 4 nitrogen and oxygen atoms in total. The van der Waals surface area contributed by atoms with Gasteiger partial charge in [-0.25, -0.2) is 4.98 Å². The molecule has 3 rings (SSSR count). The molecule has 1 N–H and O–H groups in total. The maximum atomic E-state index is 12.2. The van der Waals surface area contributed by atoms with E-state index in [9.17, 15) is 4.79 Å². The van der Waals surface area contributed by atoms with Gasteiger partial charge in [0, 0.05) is 27.7 Å². The van der Waals surface area contributed by atoms with Crippen molar-refractivity contribution >= 4 is 40.2 Å². The molecule has 3 aromatic rings. The van der Waals surface area contributed by atoms with E-state index in [-0.39, 0.29) is 5.91 Å². The second kappa shape index (κ2) is 9.92. The van der Waals surface area contributed by atoms with Crippen LogP contribution in [0.25, 0.3) is 17.3 Å². The molecule has 1 aromatic heterocycles. The number of rotatable bonds is 8. The summed E-state index contributed by atoms with van der Waals surface area (Å²) in [5.74, 6) is 1.47. The van der Waals surface area contributed by atoms with Crippen LogP contribution in [0.2, 0.25) is 0 Å². The Morgan fingerprint density at radius 2 is 1.96 bits per heavy atom. The number of carbonyl (C=O) groups excluding carboxylic acids is 1. The topological polar surface area (TPSA) is 51.2 Å². The molecule has 142 valence electrons. The molecule has 28 heavy (non-hydrogen) atoms. The van der Waals surface area contributed by atoms with Crippen LogP contribution in [0.15, 0.2) is 77.5 Å². The van der Waals surface area contributed by atoms with Crippen LogP contribution in [0.5, 0.6) is 5.75 Å². The number of methoxy groups -OCH3 is 1. The zero-order valence-electron chi connectivity index (χ0n) is 15.4. The summed E-state index contributed by atoms with van der Waals surface area (Å²) < 4.78 is 5.16. The molecule has 0 aliphatic rings. The van der Waals surface area contributed by atoms with E-state index in [1.807, 2.05) is 60.0 Å². The summed E-state index contributed by atoms with van der Waals surface area (Å²) in [6.07, 6.45) is 5.18. The number of carbonyl (C=O) groups is 1. The van der Waals surface area contributed by atoms with Crippen LogP contribution in [0, 0.1) is 0 Å². The maximum Gasteiger partial charge on any atom is 0.250 e. The van der Waals surface area contributed by atoms with E-state index in [1.54, 1.807) is 24.9 Å². The summed E-state index contributed by atoms with van der Waals surface area (Å²) in [6.45, 7) is 3.72. The summed E-state index contributed by atoms with van der Waals surface area (Å²) in [6, 6.07) is 15.7. The van der Waals surface area contributed by atoms with Crippen LogP contribution in [0.3, 0.4) is 0 Å². The highest BCUT2D eigenvalue weighted by Gasteiger charge is 2.06. The van der Waals surface area contributed by atoms with Gasteiger partial charge in [-0.15, -0.1) is 29.7 Å². The first-order valence-corrected chi connectivity index (χ1v) is 10.5. The van der Waals surface area contributed by atoms with Gasteiger partial charge in [0.2, 0.25) is 5.91 Å². The lowest BCUT2D eigenvalue weighted by molar-refractivity contribution is -0.111. The molecule has 1 amide bonds. The Morgan fingerprint density at radius 3 is 2.64 bits per heavy atom. The van der Waals surface area contributed by atoms with E-state index >= 15 is 0 Å². The standard InChI is InChI=1S/C22H20N2O2S2/c1-3-14-27-19-11-4-16(5-12-19)6-13-21(25)24-22-23-20(15-28-22)17-7-9-18(26-2)10-8-17/h3-13,15H,1,14H2,2H3,(H,23,24,25)/b13-6-. The highest BCUT2D eigenvalue weighted by atomic mass is 32.2. The van der Waals surface area contributed by atoms with E-state index < -0.39 is 0 Å². The minimum absolute atomic E-state index is 0.208. The maximum absolute atomic E-state index is 12.2. The van der Waals surface area contributed by atoms with Gasteiger partial charge in [-0.3, -0.25) is 10.1 Å². The summed E-state index contributed by atoms with van der Waals surface area (Å²) in [4.78, 5) is 17.8. The van der Waals surface area contributed by atoms with Crippen LogP contribution in [-0.4, -0.2) is 23.8 Å². The van der Waals surface area contributed by atoms with Gasteiger partial charge in [0.1, 0.15) is 5.75 Å². The molecule has 0 saturated carbocycles. The van der Waals surface area contributed by atoms with Crippen molar-refractivity contribution in [3.63, 3.8) is 0 Å². The van der Waals surface area contributed by atoms with Crippen molar-refractivity contribution in [2.75, 3.05) is 18.2 Å². The number of aromatic nitrogens is 1. The zero-order valence-corrected chi connectivity index (χ0v) is 17.1. The second-order valence-electron chi connectivity index (χ2n) is 5.76. The number of nitrogens with zero attached hydrogens (tertiary/aromatic N) is 1. The molecule has 0 spiro atoms. The number of thiazole rings is 1. The van der Waals surface area contributed by atoms with Gasteiger partial charge in [-0.05, 0) is 48.0 Å². The van der Waals surface area contributed by atoms with Crippen molar-refractivity contribution < 1.29 is 9.53 Å². The Morgan fingerprint density at radius 1 is 1.21 bits per heavy atom. The molecule has 0 bridgehead atoms. The van der Waals surface area contributed by atoms with Crippen molar-refractivity contribution in [3.8, 4) is 17.0 Å². The molecule has 0 aliphatic carbocycles. The van der Waals surface area contributed by atoms with Crippen molar-refractivity contribution in [1.29, 1.82) is 0 Å². The molecule has 0 atom stereocenters. The van der Waals surface area contributed by atoms with Gasteiger partial charge in [-0.1, -0.05) is 18.2 Å². The van der Waals surface area contributed by atoms with Crippen molar-refractivity contribution in [2.45, 2.75) is 4.90 Å². The van der Waals surface area contributed by atoms with Gasteiger partial charge >= 0.3 is 0 Å². The van der Waals surface area contributed by atoms with Crippen molar-refractivity contribution in [2.24, 2.45) is 0 Å². The van der Waals surface area contributed by atoms with Gasteiger partial charge in [0.05, 0.1) is 12.8 Å². The third-order valence-corrected chi connectivity index (χ3v) is 5.56. The van der Waals surface area contributed by atoms with Gasteiger partial charge in [0.15, 0.2) is 5.13 Å². The highest BCUT2D eigenvalue weighted by molar-refractivity contribution is 7.99. The fourth-order valence-corrected chi connectivity index (χ4v) is 3.74. The minimum Gasteiger partial charge on any atom is -0.497 e. The molecule has 2 aromatic carbocycles. The largest absolute Gasteiger partial charge is 0.497 e. The Labute approximate surface area is 173 Å². The van der Waals surface area contributed by atoms with E-state index in [0.29, 0.717) is 5.13 Å². The molecule has 0 aliphatic heterocycles. The fraction of sp³-hybridized carbons (Fsp3) is 0.0909. The molecule has 6 heteroatoms. The predicted molar refractivity (Wildman–Crippen MR) is 119 cm³/mol. The number of ether oxygens (including phenoxy) is 1. The first-order chi connectivity index (χ1) is 13.7. The molecule has 0 radical (unpaired) electrons. The SMILES string of the molecule is C=CCSc1ccc(/C=C\C(=O)Nc2nc(-c3ccc(OC)cc3)cs2)cc1. The average molecular weight is 409 g/mol. The molecular weight excluding hydrogens is 388 g/mol. The number of hydrogen-bond acceptors (Lipinski definition) is 5. The Kier molecular flexibility index (Phi) is 7.06. The van der Waals surface area contributed by atoms with E-state index in [2.05, 4.69) is 16.9 Å². The summed E-state index contributed by atoms with van der Waals surface area (Å²) in [5.41, 5.74) is 2.76. The van der Waals surface area contributed by atoms with Crippen LogP contribution in [0.1, 0.15) is 5.56 Å². The number of anilines is 1. The Hall–Kier alpha value is -2.83. The van der Waals surface area contributed by atoms with E-state index in [0.717, 1.165) is 28.3 Å². The van der Waals surface area contributed by atoms with Gasteiger partial charge in [-0.2, -0.15) is 0 Å². The second-order valence-corrected chi connectivity index (χ2v) is 7.71. The number of thioether (sulfide) groups is 1. The van der Waals surface area contributed by atoms with Crippen molar-refractivity contribution in [3.05, 3.63) is 78.2 Å². The third-order valence-electron chi connectivity index (χ3n) is 3.80. The minimum atomic E-state index is -0.208. The van der Waals surface area contributed by atoms with Crippen LogP contribution < -0.4 is 10.1 Å². The summed E-state index contributed by atoms with van der Waals surface area (Å²) in [7, 11) is 1.63. The number of benzene rings is 2. The summed E-state index contributed by atoms with van der Waals surface area (Å²) in [5, 5.41) is 5.29. The first-order valence-electron chi connectivity index (χ1n) is 8.60. The van der Waals surface area contributed by atoms with E-state index in [1.165, 1.54) is 22.3 Å². The summed E-state index contributed by atoms with van der Waals surface area (Å²) >= 11 is 3.12. The lowest BCUT2D eigenvalue weighted by atomic mass is 10.2. The normalized spacial score (nSPS) is 10.8. The number of hydrogen-bond donors (Lipinski definition) is 1. The quantitative estimate of drug-likeness (QED) is 0.293. The van der Waals surface area contributed by atoms with Crippen LogP contribution in [0.4, 0.5) is 5.13 Å². The smallest absolute Gasteiger partial charge is 0.250 e. The zero-order chi connectivity index (χ0) is 19.8. The van der Waals surface area contributed by atoms with Gasteiger partial charge < -0.3 is 4.74 Å². The highest BCUT2D eigenvalue weighted by Crippen LogP contribution is 2.26. The third kappa shape index (κ3) is 5.58. The molecule has 0 saturated heterocycles. The average Bonchev–Trinajstić information content (AvgIpc) is 3.20. The fourth-order valence-electron chi connectivity index (χ4n) is 2.37. The monoisotopic (exact) mass is 408 g/mol. The molecular formula is C22H20N2O2S2. The lowest BCUT2D eigenvalue weighted by Gasteiger charge is -2.01. The van der Waals surface area contributed by atoms with E-state index in [4.69, 9.17) is 4.74 Å². The lowest BCUT2D eigenvalue weighted by Crippen LogP contribution is -2.07. The number of amides is 1. The first kappa shape index (κ1) is 19.9. The number of nitrogens with one attached hydrogen (secondary N) is 1. The van der Waals surface area contributed by atoms with Crippen molar-refractivity contribution in [1.82, 2.24) is 4.98 Å². The van der Waals surface area contributed by atoms with Crippen LogP contribution >= 0.6 is 23.1 Å². The molecule has 0 fully saturated rings.